The van der Waals surface area contributed by atoms with Gasteiger partial charge in [0, 0.05) is 13.0 Å². The van der Waals surface area contributed by atoms with Crippen LogP contribution in [0, 0.1) is 12.8 Å². The number of benzene rings is 1. The van der Waals surface area contributed by atoms with E-state index in [1.807, 2.05) is 0 Å². The lowest BCUT2D eigenvalue weighted by atomic mass is 9.96. The molecule has 1 fully saturated rings. The van der Waals surface area contributed by atoms with E-state index in [1.54, 1.807) is 0 Å². The molecule has 1 saturated heterocycles. The Kier molecular flexibility index (Phi) is 3.56. The molecule has 0 amide bonds. The second-order valence-corrected chi connectivity index (χ2v) is 5.68. The van der Waals surface area contributed by atoms with Crippen LogP contribution in [0.3, 0.4) is 0 Å². The molecule has 3 heteroatoms. The molecular formula is C16H23N3. The number of hydrogen-bond donors (Lipinski definition) is 1. The van der Waals surface area contributed by atoms with Crippen molar-refractivity contribution in [2.24, 2.45) is 5.92 Å². The zero-order valence-electron chi connectivity index (χ0n) is 11.9. The molecule has 102 valence electrons. The minimum atomic E-state index is 0.747. The van der Waals surface area contributed by atoms with Crippen molar-refractivity contribution in [3.05, 3.63) is 29.6 Å². The zero-order valence-corrected chi connectivity index (χ0v) is 11.9. The lowest BCUT2D eigenvalue weighted by Crippen LogP contribution is -2.31. The number of nitrogens with zero attached hydrogens (tertiary/aromatic N) is 2. The Balaban J connectivity index is 1.93. The highest BCUT2D eigenvalue weighted by molar-refractivity contribution is 5.76. The highest BCUT2D eigenvalue weighted by Gasteiger charge is 2.17. The van der Waals surface area contributed by atoms with Crippen molar-refractivity contribution in [3.63, 3.8) is 0 Å². The average Bonchev–Trinajstić information content (AvgIpc) is 2.76. The Labute approximate surface area is 115 Å². The molecule has 3 rings (SSSR count). The molecule has 1 unspecified atom stereocenters. The van der Waals surface area contributed by atoms with Crippen molar-refractivity contribution in [3.8, 4) is 0 Å². The summed E-state index contributed by atoms with van der Waals surface area (Å²) in [6, 6.07) is 6.59. The summed E-state index contributed by atoms with van der Waals surface area (Å²) < 4.78 is 2.38. The summed E-state index contributed by atoms with van der Waals surface area (Å²) >= 11 is 0. The number of hydrogen-bond acceptors (Lipinski definition) is 2. The molecule has 1 aromatic carbocycles. The fourth-order valence-corrected chi connectivity index (χ4v) is 3.15. The molecule has 1 N–H and O–H groups in total. The van der Waals surface area contributed by atoms with Gasteiger partial charge in [-0.3, -0.25) is 0 Å². The molecule has 0 bridgehead atoms. The van der Waals surface area contributed by atoms with Gasteiger partial charge in [0.05, 0.1) is 11.0 Å². The maximum absolute atomic E-state index is 4.87. The van der Waals surface area contributed by atoms with E-state index in [9.17, 15) is 0 Å². The number of aryl methyl sites for hydroxylation is 2. The van der Waals surface area contributed by atoms with E-state index in [-0.39, 0.29) is 0 Å². The quantitative estimate of drug-likeness (QED) is 0.916. The van der Waals surface area contributed by atoms with E-state index in [0.717, 1.165) is 30.9 Å². The molecule has 1 atom stereocenters. The maximum Gasteiger partial charge on any atom is 0.110 e. The van der Waals surface area contributed by atoms with Gasteiger partial charge in [-0.2, -0.15) is 0 Å². The van der Waals surface area contributed by atoms with Gasteiger partial charge >= 0.3 is 0 Å². The second kappa shape index (κ2) is 5.33. The molecule has 0 aliphatic carbocycles. The van der Waals surface area contributed by atoms with Gasteiger partial charge in [-0.15, -0.1) is 0 Å². The zero-order chi connectivity index (χ0) is 13.2. The summed E-state index contributed by atoms with van der Waals surface area (Å²) in [5.41, 5.74) is 3.73. The summed E-state index contributed by atoms with van der Waals surface area (Å²) in [4.78, 5) is 4.87. The number of rotatable bonds is 3. The van der Waals surface area contributed by atoms with Gasteiger partial charge in [0.2, 0.25) is 0 Å². The first kappa shape index (κ1) is 12.7. The van der Waals surface area contributed by atoms with Crippen molar-refractivity contribution in [2.45, 2.75) is 39.7 Å². The van der Waals surface area contributed by atoms with Crippen LogP contribution in [0.5, 0.6) is 0 Å². The monoisotopic (exact) mass is 257 g/mol. The lowest BCUT2D eigenvalue weighted by molar-refractivity contribution is 0.367. The van der Waals surface area contributed by atoms with Crippen LogP contribution >= 0.6 is 0 Å². The summed E-state index contributed by atoms with van der Waals surface area (Å²) in [6.45, 7) is 7.68. The van der Waals surface area contributed by atoms with Crippen LogP contribution in [-0.4, -0.2) is 22.6 Å². The highest BCUT2D eigenvalue weighted by Crippen LogP contribution is 2.22. The summed E-state index contributed by atoms with van der Waals surface area (Å²) in [5.74, 6) is 2.01. The molecule has 0 spiro atoms. The number of imidazole rings is 1. The van der Waals surface area contributed by atoms with Crippen molar-refractivity contribution in [1.82, 2.24) is 14.9 Å². The van der Waals surface area contributed by atoms with Gasteiger partial charge in [0.15, 0.2) is 0 Å². The number of fused-ring (bicyclic) bond motifs is 1. The summed E-state index contributed by atoms with van der Waals surface area (Å²) in [7, 11) is 0. The van der Waals surface area contributed by atoms with Gasteiger partial charge in [-0.1, -0.05) is 6.07 Å². The Morgan fingerprint density at radius 1 is 1.42 bits per heavy atom. The molecule has 2 heterocycles. The number of aromatic nitrogens is 2. The van der Waals surface area contributed by atoms with Crippen LogP contribution < -0.4 is 5.32 Å². The van der Waals surface area contributed by atoms with E-state index in [4.69, 9.17) is 4.98 Å². The van der Waals surface area contributed by atoms with E-state index in [1.165, 1.54) is 36.3 Å². The first-order chi connectivity index (χ1) is 9.28. The minimum Gasteiger partial charge on any atom is -0.328 e. The van der Waals surface area contributed by atoms with Crippen molar-refractivity contribution in [1.29, 1.82) is 0 Å². The number of piperidine rings is 1. The SMILES string of the molecule is CCn1c(CC2CCCNC2)nc2cc(C)ccc21. The van der Waals surface area contributed by atoms with Gasteiger partial charge in [-0.25, -0.2) is 4.98 Å². The Morgan fingerprint density at radius 3 is 3.05 bits per heavy atom. The van der Waals surface area contributed by atoms with E-state index in [0.29, 0.717) is 0 Å². The highest BCUT2D eigenvalue weighted by atomic mass is 15.1. The van der Waals surface area contributed by atoms with Gasteiger partial charge in [0.25, 0.3) is 0 Å². The predicted octanol–water partition coefficient (Wildman–Crippen LogP) is 2.91. The first-order valence-corrected chi connectivity index (χ1v) is 7.44. The third kappa shape index (κ3) is 2.52. The van der Waals surface area contributed by atoms with Crippen LogP contribution in [0.15, 0.2) is 18.2 Å². The Morgan fingerprint density at radius 2 is 2.32 bits per heavy atom. The normalized spacial score (nSPS) is 20.0. The third-order valence-electron chi connectivity index (χ3n) is 4.17. The predicted molar refractivity (Wildman–Crippen MR) is 79.4 cm³/mol. The Bertz CT molecular complexity index is 565. The molecule has 1 aromatic heterocycles. The fraction of sp³-hybridized carbons (Fsp3) is 0.562. The standard InChI is InChI=1S/C16H23N3/c1-3-19-15-7-6-12(2)9-14(15)18-16(19)10-13-5-4-8-17-11-13/h6-7,9,13,17H,3-5,8,10-11H2,1-2H3. The van der Waals surface area contributed by atoms with Crippen molar-refractivity contribution in [2.75, 3.05) is 13.1 Å². The van der Waals surface area contributed by atoms with Crippen molar-refractivity contribution < 1.29 is 0 Å². The molecular weight excluding hydrogens is 234 g/mol. The average molecular weight is 257 g/mol. The molecule has 0 radical (unpaired) electrons. The molecule has 1 aliphatic rings. The second-order valence-electron chi connectivity index (χ2n) is 5.68. The van der Waals surface area contributed by atoms with Crippen LogP contribution in [0.4, 0.5) is 0 Å². The minimum absolute atomic E-state index is 0.747. The van der Waals surface area contributed by atoms with Crippen LogP contribution in [-0.2, 0) is 13.0 Å². The van der Waals surface area contributed by atoms with Gasteiger partial charge in [0.1, 0.15) is 5.82 Å². The van der Waals surface area contributed by atoms with Gasteiger partial charge in [-0.05, 0) is 63.4 Å². The van der Waals surface area contributed by atoms with Crippen molar-refractivity contribution >= 4 is 11.0 Å². The lowest BCUT2D eigenvalue weighted by Gasteiger charge is -2.22. The maximum atomic E-state index is 4.87. The van der Waals surface area contributed by atoms with E-state index < -0.39 is 0 Å². The molecule has 2 aromatic rings. The molecule has 3 nitrogen and oxygen atoms in total. The summed E-state index contributed by atoms with van der Waals surface area (Å²) in [6.07, 6.45) is 3.74. The van der Waals surface area contributed by atoms with Crippen LogP contribution in [0.1, 0.15) is 31.2 Å². The van der Waals surface area contributed by atoms with E-state index in [2.05, 4.69) is 41.9 Å². The third-order valence-corrected chi connectivity index (χ3v) is 4.17. The first-order valence-electron chi connectivity index (χ1n) is 7.44. The van der Waals surface area contributed by atoms with Crippen LogP contribution in [0.25, 0.3) is 11.0 Å². The summed E-state index contributed by atoms with van der Waals surface area (Å²) in [5, 5.41) is 3.50. The molecule has 19 heavy (non-hydrogen) atoms. The fourth-order valence-electron chi connectivity index (χ4n) is 3.15. The Hall–Kier alpha value is -1.35. The molecule has 0 saturated carbocycles. The molecule has 1 aliphatic heterocycles. The van der Waals surface area contributed by atoms with Gasteiger partial charge < -0.3 is 9.88 Å². The largest absolute Gasteiger partial charge is 0.328 e. The number of nitrogens with one attached hydrogen (secondary N) is 1. The smallest absolute Gasteiger partial charge is 0.110 e. The van der Waals surface area contributed by atoms with E-state index >= 15 is 0 Å². The van der Waals surface area contributed by atoms with Crippen LogP contribution in [0.2, 0.25) is 0 Å². The topological polar surface area (TPSA) is 29.9 Å².